The molecule has 6 nitrogen and oxygen atoms in total. The zero-order valence-electron chi connectivity index (χ0n) is 14.8. The van der Waals surface area contributed by atoms with Gasteiger partial charge in [0.2, 0.25) is 0 Å². The summed E-state index contributed by atoms with van der Waals surface area (Å²) in [4.78, 5) is 4.45. The van der Waals surface area contributed by atoms with Crippen molar-refractivity contribution in [3.63, 3.8) is 0 Å². The van der Waals surface area contributed by atoms with Gasteiger partial charge in [0.15, 0.2) is 0 Å². The molecule has 0 unspecified atom stereocenters. The van der Waals surface area contributed by atoms with Gasteiger partial charge >= 0.3 is 0 Å². The maximum absolute atomic E-state index is 13.0. The minimum Gasteiger partial charge on any atom is -0.492 e. The first-order valence-electron chi connectivity index (χ1n) is 8.15. The molecule has 0 aliphatic rings. The van der Waals surface area contributed by atoms with Crippen LogP contribution in [0.5, 0.6) is 5.75 Å². The van der Waals surface area contributed by atoms with Gasteiger partial charge in [-0.3, -0.25) is 4.72 Å². The van der Waals surface area contributed by atoms with Crippen molar-refractivity contribution in [2.45, 2.75) is 18.7 Å². The van der Waals surface area contributed by atoms with E-state index in [0.29, 0.717) is 23.4 Å². The van der Waals surface area contributed by atoms with Crippen molar-refractivity contribution >= 4 is 27.0 Å². The Balaban J connectivity index is 2.01. The van der Waals surface area contributed by atoms with Crippen molar-refractivity contribution in [2.24, 2.45) is 0 Å². The molecule has 0 bridgehead atoms. The first-order chi connectivity index (χ1) is 12.9. The van der Waals surface area contributed by atoms with Gasteiger partial charge in [0, 0.05) is 16.6 Å². The van der Waals surface area contributed by atoms with E-state index in [2.05, 4.69) is 9.71 Å². The number of rotatable bonds is 6. The van der Waals surface area contributed by atoms with E-state index in [0.717, 1.165) is 10.7 Å². The van der Waals surface area contributed by atoms with Crippen LogP contribution in [0.1, 0.15) is 17.5 Å². The first-order valence-corrected chi connectivity index (χ1v) is 10.5. The smallest absolute Gasteiger partial charge is 0.265 e. The fraction of sp³-hybridized carbons (Fsp3) is 0.158. The van der Waals surface area contributed by atoms with E-state index >= 15 is 0 Å². The third-order valence-electron chi connectivity index (χ3n) is 3.71. The summed E-state index contributed by atoms with van der Waals surface area (Å²) < 4.78 is 34.0. The van der Waals surface area contributed by atoms with E-state index in [1.54, 1.807) is 49.4 Å². The number of anilines is 1. The summed E-state index contributed by atoms with van der Waals surface area (Å²) in [5, 5.41) is 11.7. The van der Waals surface area contributed by atoms with Crippen molar-refractivity contribution in [2.75, 3.05) is 11.3 Å². The number of aromatic nitrogens is 1. The van der Waals surface area contributed by atoms with Crippen LogP contribution >= 0.6 is 11.3 Å². The predicted octanol–water partition coefficient (Wildman–Crippen LogP) is 4.19. The summed E-state index contributed by atoms with van der Waals surface area (Å²) in [7, 11) is -3.89. The molecule has 3 rings (SSSR count). The van der Waals surface area contributed by atoms with Crippen molar-refractivity contribution in [3.8, 4) is 23.1 Å². The molecule has 0 radical (unpaired) electrons. The summed E-state index contributed by atoms with van der Waals surface area (Å²) in [5.41, 5.74) is 2.23. The molecule has 1 aromatic heterocycles. The lowest BCUT2D eigenvalue weighted by atomic mass is 10.2. The number of aryl methyl sites for hydroxylation is 1. The maximum atomic E-state index is 13.0. The Bertz CT molecular complexity index is 1100. The fourth-order valence-corrected chi connectivity index (χ4v) is 4.32. The van der Waals surface area contributed by atoms with E-state index in [1.165, 1.54) is 11.3 Å². The van der Waals surface area contributed by atoms with Gasteiger partial charge in [-0.2, -0.15) is 5.26 Å². The number of sulfonamides is 1. The molecule has 1 heterocycles. The SMILES string of the molecule is CCOc1ccc(-c2csc(C)n2)cc1S(=O)(=O)Nc1ccc(C#N)cc1. The van der Waals surface area contributed by atoms with E-state index in [-0.39, 0.29) is 10.6 Å². The van der Waals surface area contributed by atoms with Crippen LogP contribution in [0, 0.1) is 18.3 Å². The van der Waals surface area contributed by atoms with E-state index < -0.39 is 10.0 Å². The number of thiazole rings is 1. The summed E-state index contributed by atoms with van der Waals surface area (Å²) >= 11 is 1.50. The molecule has 0 spiro atoms. The van der Waals surface area contributed by atoms with Crippen LogP contribution in [0.3, 0.4) is 0 Å². The highest BCUT2D eigenvalue weighted by molar-refractivity contribution is 7.92. The number of ether oxygens (including phenoxy) is 1. The number of hydrogen-bond acceptors (Lipinski definition) is 6. The Hall–Kier alpha value is -2.89. The van der Waals surface area contributed by atoms with Gasteiger partial charge in [0.1, 0.15) is 10.6 Å². The summed E-state index contributed by atoms with van der Waals surface area (Å²) in [6, 6.07) is 13.2. The number of nitriles is 1. The highest BCUT2D eigenvalue weighted by atomic mass is 32.2. The standard InChI is InChI=1S/C19H17N3O3S2/c1-3-25-18-9-6-15(17-12-26-13(2)21-17)10-19(18)27(23,24)22-16-7-4-14(11-20)5-8-16/h4-10,12,22H,3H2,1-2H3. The van der Waals surface area contributed by atoms with Crippen molar-refractivity contribution in [3.05, 3.63) is 58.4 Å². The molecule has 0 saturated carbocycles. The number of nitrogens with one attached hydrogen (secondary N) is 1. The zero-order valence-corrected chi connectivity index (χ0v) is 16.4. The van der Waals surface area contributed by atoms with E-state index in [4.69, 9.17) is 10.00 Å². The fourth-order valence-electron chi connectivity index (χ4n) is 2.47. The third kappa shape index (κ3) is 4.27. The minimum absolute atomic E-state index is 0.0388. The molecule has 0 aliphatic carbocycles. The van der Waals surface area contributed by atoms with Crippen LogP contribution in [0.15, 0.2) is 52.7 Å². The molecule has 2 aromatic carbocycles. The second-order valence-electron chi connectivity index (χ2n) is 5.64. The Morgan fingerprint density at radius 1 is 1.22 bits per heavy atom. The van der Waals surface area contributed by atoms with Gasteiger partial charge < -0.3 is 4.74 Å². The largest absolute Gasteiger partial charge is 0.492 e. The van der Waals surface area contributed by atoms with Gasteiger partial charge in [-0.15, -0.1) is 11.3 Å². The average Bonchev–Trinajstić information content (AvgIpc) is 3.09. The van der Waals surface area contributed by atoms with Gasteiger partial charge in [-0.05, 0) is 56.3 Å². The topological polar surface area (TPSA) is 92.1 Å². The molecular weight excluding hydrogens is 382 g/mol. The van der Waals surface area contributed by atoms with Crippen LogP contribution in [-0.4, -0.2) is 20.0 Å². The summed E-state index contributed by atoms with van der Waals surface area (Å²) in [6.07, 6.45) is 0. The lowest BCUT2D eigenvalue weighted by molar-refractivity contribution is 0.331. The molecular formula is C19H17N3O3S2. The molecule has 0 saturated heterocycles. The number of nitrogens with zero attached hydrogens (tertiary/aromatic N) is 2. The van der Waals surface area contributed by atoms with Crippen LogP contribution < -0.4 is 9.46 Å². The quantitative estimate of drug-likeness (QED) is 0.671. The van der Waals surface area contributed by atoms with Crippen LogP contribution in [0.4, 0.5) is 5.69 Å². The molecule has 27 heavy (non-hydrogen) atoms. The Morgan fingerprint density at radius 3 is 2.56 bits per heavy atom. The zero-order chi connectivity index (χ0) is 19.4. The lowest BCUT2D eigenvalue weighted by Crippen LogP contribution is -2.14. The van der Waals surface area contributed by atoms with Crippen molar-refractivity contribution < 1.29 is 13.2 Å². The van der Waals surface area contributed by atoms with E-state index in [1.807, 2.05) is 18.4 Å². The van der Waals surface area contributed by atoms with E-state index in [9.17, 15) is 8.42 Å². The Morgan fingerprint density at radius 2 is 1.96 bits per heavy atom. The second kappa shape index (κ2) is 7.78. The molecule has 0 aliphatic heterocycles. The molecule has 3 aromatic rings. The van der Waals surface area contributed by atoms with Crippen molar-refractivity contribution in [1.29, 1.82) is 5.26 Å². The number of benzene rings is 2. The molecule has 0 atom stereocenters. The minimum atomic E-state index is -3.89. The number of hydrogen-bond donors (Lipinski definition) is 1. The maximum Gasteiger partial charge on any atom is 0.265 e. The monoisotopic (exact) mass is 399 g/mol. The Kier molecular flexibility index (Phi) is 5.44. The average molecular weight is 399 g/mol. The second-order valence-corrected chi connectivity index (χ2v) is 8.35. The normalized spacial score (nSPS) is 11.0. The highest BCUT2D eigenvalue weighted by Crippen LogP contribution is 2.32. The third-order valence-corrected chi connectivity index (χ3v) is 5.89. The first kappa shape index (κ1) is 18.9. The Labute approximate surface area is 162 Å². The molecule has 0 amide bonds. The highest BCUT2D eigenvalue weighted by Gasteiger charge is 2.21. The van der Waals surface area contributed by atoms with Crippen molar-refractivity contribution in [1.82, 2.24) is 4.98 Å². The van der Waals surface area contributed by atoms with Crippen LogP contribution in [0.2, 0.25) is 0 Å². The van der Waals surface area contributed by atoms with Gasteiger partial charge in [0.25, 0.3) is 10.0 Å². The molecule has 8 heteroatoms. The van der Waals surface area contributed by atoms with Gasteiger partial charge in [0.05, 0.1) is 28.9 Å². The summed E-state index contributed by atoms with van der Waals surface area (Å²) in [6.45, 7) is 4.03. The predicted molar refractivity (Wildman–Crippen MR) is 105 cm³/mol. The molecule has 138 valence electrons. The summed E-state index contributed by atoms with van der Waals surface area (Å²) in [5.74, 6) is 0.273. The molecule has 0 fully saturated rings. The molecule has 1 N–H and O–H groups in total. The van der Waals surface area contributed by atoms with Gasteiger partial charge in [-0.25, -0.2) is 13.4 Å². The lowest BCUT2D eigenvalue weighted by Gasteiger charge is -2.14. The van der Waals surface area contributed by atoms with Crippen LogP contribution in [-0.2, 0) is 10.0 Å². The van der Waals surface area contributed by atoms with Crippen LogP contribution in [0.25, 0.3) is 11.3 Å². The van der Waals surface area contributed by atoms with Gasteiger partial charge in [-0.1, -0.05) is 0 Å².